The summed E-state index contributed by atoms with van der Waals surface area (Å²) in [7, 11) is 0. The van der Waals surface area contributed by atoms with Gasteiger partial charge in [-0.3, -0.25) is 14.6 Å². The van der Waals surface area contributed by atoms with E-state index in [0.29, 0.717) is 5.69 Å². The molecular formula is C15H14N4O2. The van der Waals surface area contributed by atoms with E-state index in [0.717, 1.165) is 11.1 Å². The average Bonchev–Trinajstić information content (AvgIpc) is 2.50. The number of benzene rings is 1. The van der Waals surface area contributed by atoms with Gasteiger partial charge in [-0.15, -0.1) is 0 Å². The molecule has 1 aromatic heterocycles. The van der Waals surface area contributed by atoms with Crippen molar-refractivity contribution in [3.63, 3.8) is 0 Å². The van der Waals surface area contributed by atoms with Gasteiger partial charge >= 0.3 is 11.8 Å². The van der Waals surface area contributed by atoms with Crippen molar-refractivity contribution < 1.29 is 9.59 Å². The van der Waals surface area contributed by atoms with Crippen molar-refractivity contribution in [2.75, 3.05) is 5.32 Å². The quantitative estimate of drug-likeness (QED) is 0.508. The minimum absolute atomic E-state index is 0.593. The van der Waals surface area contributed by atoms with Gasteiger partial charge in [0.1, 0.15) is 0 Å². The smallest absolute Gasteiger partial charge is 0.317 e. The maximum absolute atomic E-state index is 11.7. The van der Waals surface area contributed by atoms with Crippen LogP contribution in [0.4, 0.5) is 5.69 Å². The number of hydrogen-bond acceptors (Lipinski definition) is 4. The van der Waals surface area contributed by atoms with Crippen LogP contribution in [0.3, 0.4) is 0 Å². The van der Waals surface area contributed by atoms with Gasteiger partial charge in [0.05, 0.1) is 6.21 Å². The van der Waals surface area contributed by atoms with Gasteiger partial charge in [-0.2, -0.15) is 5.10 Å². The molecule has 0 atom stereocenters. The number of carbonyl (C=O) groups is 2. The molecule has 0 spiro atoms. The number of carbonyl (C=O) groups excluding carboxylic acids is 2. The second-order valence-electron chi connectivity index (χ2n) is 4.25. The van der Waals surface area contributed by atoms with Gasteiger partial charge in [0.15, 0.2) is 0 Å². The zero-order chi connectivity index (χ0) is 15.1. The number of aryl methyl sites for hydroxylation is 1. The second kappa shape index (κ2) is 6.95. The molecule has 0 aliphatic carbocycles. The molecule has 0 radical (unpaired) electrons. The van der Waals surface area contributed by atoms with Crippen molar-refractivity contribution in [3.8, 4) is 0 Å². The Labute approximate surface area is 121 Å². The molecule has 6 nitrogen and oxygen atoms in total. The Hall–Kier alpha value is -3.02. The minimum atomic E-state index is -0.830. The fourth-order valence-corrected chi connectivity index (χ4v) is 1.56. The number of hydrogen-bond donors (Lipinski definition) is 2. The third-order valence-electron chi connectivity index (χ3n) is 2.69. The Bertz CT molecular complexity index is 668. The zero-order valence-corrected chi connectivity index (χ0v) is 11.4. The molecule has 106 valence electrons. The van der Waals surface area contributed by atoms with E-state index in [4.69, 9.17) is 0 Å². The molecule has 1 heterocycles. The van der Waals surface area contributed by atoms with Crippen molar-refractivity contribution in [1.82, 2.24) is 10.4 Å². The van der Waals surface area contributed by atoms with Crippen LogP contribution in [0.2, 0.25) is 0 Å². The van der Waals surface area contributed by atoms with Crippen LogP contribution < -0.4 is 10.7 Å². The highest BCUT2D eigenvalue weighted by atomic mass is 16.2. The summed E-state index contributed by atoms with van der Waals surface area (Å²) in [5, 5.41) is 6.24. The van der Waals surface area contributed by atoms with E-state index in [1.165, 1.54) is 6.21 Å². The molecule has 0 aliphatic rings. The largest absolute Gasteiger partial charge is 0.329 e. The number of nitrogens with one attached hydrogen (secondary N) is 2. The molecular weight excluding hydrogens is 268 g/mol. The van der Waals surface area contributed by atoms with Crippen LogP contribution in [0.15, 0.2) is 53.9 Å². The molecule has 2 amide bonds. The van der Waals surface area contributed by atoms with Gasteiger partial charge < -0.3 is 5.32 Å². The molecule has 0 fully saturated rings. The molecule has 0 saturated heterocycles. The van der Waals surface area contributed by atoms with Crippen molar-refractivity contribution in [1.29, 1.82) is 0 Å². The Kier molecular flexibility index (Phi) is 4.76. The number of aromatic nitrogens is 1. The fraction of sp³-hybridized carbons (Fsp3) is 0.0667. The first kappa shape index (κ1) is 14.4. The number of pyridine rings is 1. The third kappa shape index (κ3) is 4.24. The Morgan fingerprint density at radius 3 is 2.52 bits per heavy atom. The monoisotopic (exact) mass is 282 g/mol. The molecule has 0 saturated carbocycles. The van der Waals surface area contributed by atoms with Crippen molar-refractivity contribution in [3.05, 3.63) is 59.9 Å². The average molecular weight is 282 g/mol. The summed E-state index contributed by atoms with van der Waals surface area (Å²) in [5.41, 5.74) is 4.40. The molecule has 0 aliphatic heterocycles. The van der Waals surface area contributed by atoms with Crippen molar-refractivity contribution in [2.45, 2.75) is 6.92 Å². The predicted octanol–water partition coefficient (Wildman–Crippen LogP) is 1.48. The van der Waals surface area contributed by atoms with Crippen LogP contribution in [0.1, 0.15) is 11.1 Å². The lowest BCUT2D eigenvalue weighted by Gasteiger charge is -2.06. The summed E-state index contributed by atoms with van der Waals surface area (Å²) in [6.07, 6.45) is 4.64. The molecule has 1 aromatic carbocycles. The van der Waals surface area contributed by atoms with Gasteiger partial charge in [0.25, 0.3) is 0 Å². The number of para-hydroxylation sites is 1. The summed E-state index contributed by atoms with van der Waals surface area (Å²) in [6.45, 7) is 1.84. The second-order valence-corrected chi connectivity index (χ2v) is 4.25. The summed E-state index contributed by atoms with van der Waals surface area (Å²) < 4.78 is 0. The maximum atomic E-state index is 11.7. The number of hydrazone groups is 1. The lowest BCUT2D eigenvalue weighted by molar-refractivity contribution is -0.136. The van der Waals surface area contributed by atoms with E-state index < -0.39 is 11.8 Å². The van der Waals surface area contributed by atoms with Crippen LogP contribution in [-0.2, 0) is 9.59 Å². The maximum Gasteiger partial charge on any atom is 0.329 e. The first-order valence-electron chi connectivity index (χ1n) is 6.27. The van der Waals surface area contributed by atoms with Crippen LogP contribution in [-0.4, -0.2) is 23.0 Å². The van der Waals surface area contributed by atoms with Gasteiger partial charge in [-0.1, -0.05) is 18.2 Å². The van der Waals surface area contributed by atoms with E-state index in [1.54, 1.807) is 36.7 Å². The van der Waals surface area contributed by atoms with Crippen LogP contribution in [0.25, 0.3) is 0 Å². The molecule has 2 aromatic rings. The lowest BCUT2D eigenvalue weighted by atomic mass is 10.2. The number of amides is 2. The Morgan fingerprint density at radius 1 is 1.10 bits per heavy atom. The molecule has 2 rings (SSSR count). The summed E-state index contributed by atoms with van der Waals surface area (Å²) >= 11 is 0. The number of anilines is 1. The molecule has 6 heteroatoms. The van der Waals surface area contributed by atoms with Crippen LogP contribution in [0.5, 0.6) is 0 Å². The summed E-state index contributed by atoms with van der Waals surface area (Å²) in [5.74, 6) is -1.60. The topological polar surface area (TPSA) is 83.5 Å². The standard InChI is InChI=1S/C15H14N4O2/c1-11-4-2-3-5-13(11)18-14(20)15(21)19-17-10-12-6-8-16-9-7-12/h2-10H,1H3,(H,18,20)(H,19,21)/b17-10-. The van der Waals surface area contributed by atoms with Gasteiger partial charge in [0, 0.05) is 18.1 Å². The van der Waals surface area contributed by atoms with E-state index in [1.807, 2.05) is 19.1 Å². The molecule has 0 bridgehead atoms. The van der Waals surface area contributed by atoms with Gasteiger partial charge in [-0.05, 0) is 36.2 Å². The third-order valence-corrected chi connectivity index (χ3v) is 2.69. The Morgan fingerprint density at radius 2 is 1.81 bits per heavy atom. The van der Waals surface area contributed by atoms with Crippen molar-refractivity contribution >= 4 is 23.7 Å². The molecule has 21 heavy (non-hydrogen) atoms. The minimum Gasteiger partial charge on any atom is -0.317 e. The van der Waals surface area contributed by atoms with Crippen LogP contribution in [0, 0.1) is 6.92 Å². The normalized spacial score (nSPS) is 10.3. The highest BCUT2D eigenvalue weighted by Gasteiger charge is 2.13. The lowest BCUT2D eigenvalue weighted by Crippen LogP contribution is -2.32. The SMILES string of the molecule is Cc1ccccc1NC(=O)C(=O)N/N=C\c1ccncc1. The van der Waals surface area contributed by atoms with Crippen molar-refractivity contribution in [2.24, 2.45) is 5.10 Å². The molecule has 2 N–H and O–H groups in total. The summed E-state index contributed by atoms with van der Waals surface area (Å²) in [6, 6.07) is 10.6. The first-order chi connectivity index (χ1) is 10.2. The Balaban J connectivity index is 1.90. The number of rotatable bonds is 3. The zero-order valence-electron chi connectivity index (χ0n) is 11.4. The van der Waals surface area contributed by atoms with E-state index in [2.05, 4.69) is 20.8 Å². The predicted molar refractivity (Wildman–Crippen MR) is 79.8 cm³/mol. The highest BCUT2D eigenvalue weighted by Crippen LogP contribution is 2.12. The first-order valence-corrected chi connectivity index (χ1v) is 6.27. The van der Waals surface area contributed by atoms with Gasteiger partial charge in [0.2, 0.25) is 0 Å². The van der Waals surface area contributed by atoms with Crippen LogP contribution >= 0.6 is 0 Å². The van der Waals surface area contributed by atoms with E-state index in [9.17, 15) is 9.59 Å². The van der Waals surface area contributed by atoms with Gasteiger partial charge in [-0.25, -0.2) is 5.43 Å². The van der Waals surface area contributed by atoms with E-state index in [-0.39, 0.29) is 0 Å². The highest BCUT2D eigenvalue weighted by molar-refractivity contribution is 6.39. The number of nitrogens with zero attached hydrogens (tertiary/aromatic N) is 2. The van der Waals surface area contributed by atoms with E-state index >= 15 is 0 Å². The molecule has 0 unspecified atom stereocenters. The fourth-order valence-electron chi connectivity index (χ4n) is 1.56. The summed E-state index contributed by atoms with van der Waals surface area (Å²) in [4.78, 5) is 27.2.